The molecule has 2 unspecified atom stereocenters. The van der Waals surface area contributed by atoms with Crippen molar-refractivity contribution in [1.29, 1.82) is 0 Å². The Morgan fingerprint density at radius 2 is 2.25 bits per heavy atom. The number of nitrogens with one attached hydrogen (secondary N) is 1. The summed E-state index contributed by atoms with van der Waals surface area (Å²) in [5, 5.41) is 6.82. The lowest BCUT2D eigenvalue weighted by Gasteiger charge is -2.15. The number of thiazole rings is 1. The van der Waals surface area contributed by atoms with Crippen LogP contribution < -0.4 is 5.32 Å². The molecule has 1 aromatic carbocycles. The second-order valence-corrected chi connectivity index (χ2v) is 6.08. The summed E-state index contributed by atoms with van der Waals surface area (Å²) in [5.41, 5.74) is 2.49. The van der Waals surface area contributed by atoms with Crippen molar-refractivity contribution in [2.75, 3.05) is 20.3 Å². The first-order valence-corrected chi connectivity index (χ1v) is 7.99. The second-order valence-electron chi connectivity index (χ2n) is 5.19. The number of aromatic nitrogens is 1. The van der Waals surface area contributed by atoms with E-state index in [-0.39, 0.29) is 0 Å². The number of benzene rings is 1. The molecule has 2 atom stereocenters. The second kappa shape index (κ2) is 6.48. The van der Waals surface area contributed by atoms with Gasteiger partial charge < -0.3 is 10.1 Å². The van der Waals surface area contributed by atoms with Crippen LogP contribution in [0.4, 0.5) is 0 Å². The van der Waals surface area contributed by atoms with Gasteiger partial charge in [0, 0.05) is 30.4 Å². The molecule has 4 heteroatoms. The van der Waals surface area contributed by atoms with E-state index in [2.05, 4.69) is 41.0 Å². The molecule has 0 aliphatic carbocycles. The lowest BCUT2D eigenvalue weighted by Crippen LogP contribution is -2.18. The minimum Gasteiger partial charge on any atom is -0.381 e. The van der Waals surface area contributed by atoms with Gasteiger partial charge in [-0.15, -0.1) is 11.3 Å². The van der Waals surface area contributed by atoms with Crippen LogP contribution in [0.2, 0.25) is 0 Å². The minimum absolute atomic E-state index is 0.325. The van der Waals surface area contributed by atoms with Gasteiger partial charge in [0.05, 0.1) is 17.3 Å². The molecule has 20 heavy (non-hydrogen) atoms. The molecule has 0 amide bonds. The molecule has 3 nitrogen and oxygen atoms in total. The summed E-state index contributed by atoms with van der Waals surface area (Å²) < 4.78 is 5.45. The van der Waals surface area contributed by atoms with Crippen LogP contribution in [-0.4, -0.2) is 25.2 Å². The van der Waals surface area contributed by atoms with Gasteiger partial charge in [-0.25, -0.2) is 4.98 Å². The van der Waals surface area contributed by atoms with Crippen molar-refractivity contribution in [3.8, 4) is 0 Å². The summed E-state index contributed by atoms with van der Waals surface area (Å²) in [7, 11) is 2.01. The maximum absolute atomic E-state index is 5.45. The summed E-state index contributed by atoms with van der Waals surface area (Å²) >= 11 is 1.78. The molecule has 0 radical (unpaired) electrons. The van der Waals surface area contributed by atoms with Crippen LogP contribution in [-0.2, 0) is 11.2 Å². The highest BCUT2D eigenvalue weighted by molar-refractivity contribution is 7.09. The molecule has 2 heterocycles. The summed E-state index contributed by atoms with van der Waals surface area (Å²) in [6.45, 7) is 1.71. The van der Waals surface area contributed by atoms with Crippen molar-refractivity contribution in [2.45, 2.75) is 24.8 Å². The molecule has 106 valence electrons. The van der Waals surface area contributed by atoms with Gasteiger partial charge in [0.1, 0.15) is 0 Å². The molecule has 1 saturated heterocycles. The van der Waals surface area contributed by atoms with Gasteiger partial charge in [-0.05, 0) is 19.0 Å². The van der Waals surface area contributed by atoms with Crippen LogP contribution in [0.15, 0.2) is 35.7 Å². The Balaban J connectivity index is 1.70. The van der Waals surface area contributed by atoms with Crippen molar-refractivity contribution in [1.82, 2.24) is 10.3 Å². The molecule has 1 aliphatic heterocycles. The molecule has 1 N–H and O–H groups in total. The normalized spacial score (nSPS) is 20.1. The van der Waals surface area contributed by atoms with E-state index in [9.17, 15) is 0 Å². The van der Waals surface area contributed by atoms with E-state index in [1.165, 1.54) is 16.3 Å². The van der Waals surface area contributed by atoms with Gasteiger partial charge in [0.2, 0.25) is 0 Å². The first-order valence-electron chi connectivity index (χ1n) is 7.11. The lowest BCUT2D eigenvalue weighted by atomic mass is 10.0. The highest BCUT2D eigenvalue weighted by atomic mass is 32.1. The highest BCUT2D eigenvalue weighted by Crippen LogP contribution is 2.29. The Bertz CT molecular complexity index is 534. The number of likely N-dealkylation sites (N-methyl/N-ethyl adjacent to an activating group) is 1. The number of ether oxygens (including phenoxy) is 1. The van der Waals surface area contributed by atoms with Gasteiger partial charge >= 0.3 is 0 Å². The molecule has 0 saturated carbocycles. The van der Waals surface area contributed by atoms with Crippen LogP contribution >= 0.6 is 11.3 Å². The summed E-state index contributed by atoms with van der Waals surface area (Å²) in [6, 6.07) is 10.9. The van der Waals surface area contributed by atoms with E-state index in [1.54, 1.807) is 11.3 Å². The minimum atomic E-state index is 0.325. The van der Waals surface area contributed by atoms with Gasteiger partial charge in [0.15, 0.2) is 0 Å². The monoisotopic (exact) mass is 288 g/mol. The number of rotatable bonds is 5. The Kier molecular flexibility index (Phi) is 4.45. The van der Waals surface area contributed by atoms with Gasteiger partial charge in [-0.2, -0.15) is 0 Å². The first-order chi connectivity index (χ1) is 9.86. The molecule has 1 aromatic heterocycles. The molecule has 2 aromatic rings. The quantitative estimate of drug-likeness (QED) is 0.917. The third kappa shape index (κ3) is 3.08. The predicted molar refractivity (Wildman–Crippen MR) is 82.2 cm³/mol. The fourth-order valence-electron chi connectivity index (χ4n) is 2.61. The van der Waals surface area contributed by atoms with E-state index in [4.69, 9.17) is 9.72 Å². The Labute approximate surface area is 124 Å². The van der Waals surface area contributed by atoms with E-state index in [0.29, 0.717) is 12.0 Å². The lowest BCUT2D eigenvalue weighted by molar-refractivity contribution is 0.194. The van der Waals surface area contributed by atoms with Crippen LogP contribution in [0.1, 0.15) is 34.6 Å². The fraction of sp³-hybridized carbons (Fsp3) is 0.438. The smallest absolute Gasteiger partial charge is 0.0983 e. The van der Waals surface area contributed by atoms with Crippen LogP contribution in [0.3, 0.4) is 0 Å². The number of nitrogens with zero attached hydrogens (tertiary/aromatic N) is 1. The highest BCUT2D eigenvalue weighted by Gasteiger charge is 2.21. The van der Waals surface area contributed by atoms with Crippen molar-refractivity contribution < 1.29 is 4.74 Å². The Morgan fingerprint density at radius 3 is 2.95 bits per heavy atom. The molecule has 1 fully saturated rings. The molecular weight excluding hydrogens is 268 g/mol. The molecule has 3 rings (SSSR count). The topological polar surface area (TPSA) is 34.1 Å². The predicted octanol–water partition coefficient (Wildman–Crippen LogP) is 3.15. The van der Waals surface area contributed by atoms with Crippen molar-refractivity contribution in [3.63, 3.8) is 0 Å². The van der Waals surface area contributed by atoms with Crippen LogP contribution in [0, 0.1) is 0 Å². The van der Waals surface area contributed by atoms with Gasteiger partial charge in [-0.3, -0.25) is 0 Å². The van der Waals surface area contributed by atoms with Gasteiger partial charge in [0.25, 0.3) is 0 Å². The molecular formula is C16H20N2OS. The summed E-state index contributed by atoms with van der Waals surface area (Å²) in [4.78, 5) is 4.80. The average Bonchev–Trinajstić information content (AvgIpc) is 3.16. The molecule has 1 aliphatic rings. The largest absolute Gasteiger partial charge is 0.381 e. The third-order valence-electron chi connectivity index (χ3n) is 3.81. The van der Waals surface area contributed by atoms with E-state index in [1.807, 2.05) is 7.05 Å². The van der Waals surface area contributed by atoms with Gasteiger partial charge in [-0.1, -0.05) is 30.3 Å². The SMILES string of the molecule is CNC(Cc1csc(C2CCOC2)n1)c1ccccc1. The number of hydrogen-bond donors (Lipinski definition) is 1. The number of hydrogen-bond acceptors (Lipinski definition) is 4. The average molecular weight is 288 g/mol. The van der Waals surface area contributed by atoms with Crippen molar-refractivity contribution in [2.24, 2.45) is 0 Å². The molecule has 0 spiro atoms. The third-order valence-corrected chi connectivity index (χ3v) is 4.87. The zero-order valence-corrected chi connectivity index (χ0v) is 12.5. The van der Waals surface area contributed by atoms with Crippen LogP contribution in [0.5, 0.6) is 0 Å². The van der Waals surface area contributed by atoms with E-state index >= 15 is 0 Å². The fourth-order valence-corrected chi connectivity index (χ4v) is 3.57. The van der Waals surface area contributed by atoms with Crippen LogP contribution in [0.25, 0.3) is 0 Å². The Hall–Kier alpha value is -1.23. The molecule has 0 bridgehead atoms. The zero-order chi connectivity index (χ0) is 13.8. The maximum atomic E-state index is 5.45. The standard InChI is InChI=1S/C16H20N2OS/c1-17-15(12-5-3-2-4-6-12)9-14-11-20-16(18-14)13-7-8-19-10-13/h2-6,11,13,15,17H,7-10H2,1H3. The summed E-state index contributed by atoms with van der Waals surface area (Å²) in [5.74, 6) is 0.513. The maximum Gasteiger partial charge on any atom is 0.0983 e. The summed E-state index contributed by atoms with van der Waals surface area (Å²) in [6.07, 6.45) is 2.05. The Morgan fingerprint density at radius 1 is 1.40 bits per heavy atom. The van der Waals surface area contributed by atoms with Crippen molar-refractivity contribution >= 4 is 11.3 Å². The van der Waals surface area contributed by atoms with E-state index in [0.717, 1.165) is 26.1 Å². The zero-order valence-electron chi connectivity index (χ0n) is 11.7. The van der Waals surface area contributed by atoms with E-state index < -0.39 is 0 Å². The first kappa shape index (κ1) is 13.7. The van der Waals surface area contributed by atoms with Crippen molar-refractivity contribution in [3.05, 3.63) is 52.0 Å².